The number of likely N-dealkylation sites (tertiary alicyclic amines) is 1. The van der Waals surface area contributed by atoms with Gasteiger partial charge in [0.25, 0.3) is 0 Å². The zero-order valence-corrected chi connectivity index (χ0v) is 17.7. The molecular weight excluding hydrogens is 411 g/mol. The second-order valence-corrected chi connectivity index (χ2v) is 8.32. The number of likely N-dealkylation sites (N-methyl/N-ethyl adjacent to an activating group) is 1. The zero-order valence-electron chi connectivity index (χ0n) is 16.2. The molecule has 1 saturated heterocycles. The Morgan fingerprint density at radius 1 is 1.21 bits per heavy atom. The number of hydrogen-bond acceptors (Lipinski definition) is 3. The predicted molar refractivity (Wildman–Crippen MR) is 114 cm³/mol. The Labute approximate surface area is 179 Å². The van der Waals surface area contributed by atoms with Crippen LogP contribution in [0.5, 0.6) is 0 Å². The number of carbonyl (C=O) groups is 2. The summed E-state index contributed by atoms with van der Waals surface area (Å²) in [4.78, 5) is 28.4. The molecule has 0 saturated carbocycles. The number of rotatable bonds is 3. The highest BCUT2D eigenvalue weighted by atomic mass is 35.5. The van der Waals surface area contributed by atoms with Crippen molar-refractivity contribution in [2.45, 2.75) is 29.7 Å². The van der Waals surface area contributed by atoms with E-state index >= 15 is 0 Å². The van der Waals surface area contributed by atoms with E-state index in [1.807, 2.05) is 49.4 Å². The Morgan fingerprint density at radius 2 is 1.97 bits per heavy atom. The first kappa shape index (κ1) is 20.2. The minimum absolute atomic E-state index is 0.216. The first-order valence-corrected chi connectivity index (χ1v) is 10.4. The highest BCUT2D eigenvalue weighted by molar-refractivity contribution is 6.32. The number of halogens is 2. The molecular formula is C22H22Cl2N2O3. The SMILES string of the molecule is CCN1C[C@@H](c2cccc(Cl)c2)[C@]2(C(=O)Nc3ccccc32)[C@@H](OC)C(Cl)C1=O. The van der Waals surface area contributed by atoms with Gasteiger partial charge in [-0.05, 0) is 36.2 Å². The maximum Gasteiger partial charge on any atom is 0.243 e. The van der Waals surface area contributed by atoms with Crippen LogP contribution >= 0.6 is 23.2 Å². The molecule has 2 aliphatic rings. The summed E-state index contributed by atoms with van der Waals surface area (Å²) in [6.07, 6.45) is -0.846. The van der Waals surface area contributed by atoms with E-state index in [1.165, 1.54) is 7.11 Å². The molecule has 1 unspecified atom stereocenters. The number of fused-ring (bicyclic) bond motifs is 2. The van der Waals surface area contributed by atoms with Gasteiger partial charge in [-0.2, -0.15) is 0 Å². The third kappa shape index (κ3) is 2.95. The van der Waals surface area contributed by atoms with Crippen LogP contribution in [-0.4, -0.2) is 48.4 Å². The minimum atomic E-state index is -1.16. The van der Waals surface area contributed by atoms with Gasteiger partial charge in [0.2, 0.25) is 11.8 Å². The van der Waals surface area contributed by atoms with Crippen LogP contribution in [0.2, 0.25) is 5.02 Å². The van der Waals surface area contributed by atoms with Gasteiger partial charge < -0.3 is 15.0 Å². The van der Waals surface area contributed by atoms with E-state index in [1.54, 1.807) is 11.0 Å². The summed E-state index contributed by atoms with van der Waals surface area (Å²) < 4.78 is 5.82. The quantitative estimate of drug-likeness (QED) is 0.750. The van der Waals surface area contributed by atoms with Crippen molar-refractivity contribution in [1.82, 2.24) is 4.90 Å². The second kappa shape index (κ2) is 7.63. The Bertz CT molecular complexity index is 967. The number of hydrogen-bond donors (Lipinski definition) is 1. The summed E-state index contributed by atoms with van der Waals surface area (Å²) >= 11 is 13.0. The maximum atomic E-state index is 13.6. The van der Waals surface area contributed by atoms with E-state index in [9.17, 15) is 9.59 Å². The molecule has 2 heterocycles. The first-order valence-electron chi connectivity index (χ1n) is 9.57. The van der Waals surface area contributed by atoms with Gasteiger partial charge in [0, 0.05) is 36.8 Å². The molecule has 152 valence electrons. The number of para-hydroxylation sites is 1. The fraction of sp³-hybridized carbons (Fsp3) is 0.364. The molecule has 0 aliphatic carbocycles. The van der Waals surface area contributed by atoms with Crippen molar-refractivity contribution >= 4 is 40.7 Å². The van der Waals surface area contributed by atoms with E-state index in [-0.39, 0.29) is 17.7 Å². The average Bonchev–Trinajstić information content (AvgIpc) is 2.96. The third-order valence-corrected chi connectivity index (χ3v) is 6.75. The molecule has 1 fully saturated rings. The van der Waals surface area contributed by atoms with Crippen molar-refractivity contribution in [2.24, 2.45) is 0 Å². The van der Waals surface area contributed by atoms with E-state index in [0.29, 0.717) is 23.8 Å². The van der Waals surface area contributed by atoms with E-state index in [4.69, 9.17) is 27.9 Å². The van der Waals surface area contributed by atoms with Crippen molar-refractivity contribution in [3.63, 3.8) is 0 Å². The fourth-order valence-electron chi connectivity index (χ4n) is 4.80. The Hall–Kier alpha value is -2.08. The molecule has 2 aromatic carbocycles. The van der Waals surface area contributed by atoms with Gasteiger partial charge in [0.15, 0.2) is 0 Å². The summed E-state index contributed by atoms with van der Waals surface area (Å²) in [5, 5.41) is 2.56. The fourth-order valence-corrected chi connectivity index (χ4v) is 5.44. The van der Waals surface area contributed by atoms with Crippen LogP contribution in [0.1, 0.15) is 24.0 Å². The van der Waals surface area contributed by atoms with Crippen LogP contribution in [0.25, 0.3) is 0 Å². The van der Waals surface area contributed by atoms with Crippen molar-refractivity contribution in [1.29, 1.82) is 0 Å². The van der Waals surface area contributed by atoms with Gasteiger partial charge in [-0.25, -0.2) is 0 Å². The number of ether oxygens (including phenoxy) is 1. The minimum Gasteiger partial charge on any atom is -0.378 e. The number of anilines is 1. The van der Waals surface area contributed by atoms with Crippen LogP contribution < -0.4 is 5.32 Å². The van der Waals surface area contributed by atoms with Gasteiger partial charge in [0.05, 0.1) is 0 Å². The molecule has 4 rings (SSSR count). The van der Waals surface area contributed by atoms with Crippen LogP contribution in [0, 0.1) is 0 Å². The van der Waals surface area contributed by atoms with Gasteiger partial charge in [-0.15, -0.1) is 11.6 Å². The standard InChI is InChI=1S/C22H22Cl2N2O3/c1-3-26-12-16(13-7-6-8-14(23)11-13)22(19(29-2)18(24)20(26)27)15-9-4-5-10-17(15)25-21(22)28/h4-11,16,18-19H,3,12H2,1-2H3,(H,25,28)/t16-,18?,19-,22-/m0/s1. The van der Waals surface area contributed by atoms with Crippen LogP contribution in [0.4, 0.5) is 5.69 Å². The van der Waals surface area contributed by atoms with Gasteiger partial charge in [-0.3, -0.25) is 9.59 Å². The lowest BCUT2D eigenvalue weighted by Crippen LogP contribution is -2.54. The Morgan fingerprint density at radius 3 is 2.66 bits per heavy atom. The monoisotopic (exact) mass is 432 g/mol. The van der Waals surface area contributed by atoms with Crippen LogP contribution in [0.3, 0.4) is 0 Å². The van der Waals surface area contributed by atoms with Crippen molar-refractivity contribution < 1.29 is 14.3 Å². The molecule has 29 heavy (non-hydrogen) atoms. The molecule has 2 aromatic rings. The van der Waals surface area contributed by atoms with Crippen LogP contribution in [-0.2, 0) is 19.7 Å². The second-order valence-electron chi connectivity index (χ2n) is 7.41. The number of nitrogens with zero attached hydrogens (tertiary/aromatic N) is 1. The summed E-state index contributed by atoms with van der Waals surface area (Å²) in [7, 11) is 1.50. The largest absolute Gasteiger partial charge is 0.378 e. The molecule has 4 atom stereocenters. The Balaban J connectivity index is 2.04. The van der Waals surface area contributed by atoms with E-state index in [2.05, 4.69) is 5.32 Å². The van der Waals surface area contributed by atoms with Crippen LogP contribution in [0.15, 0.2) is 48.5 Å². The van der Waals surface area contributed by atoms with Crippen molar-refractivity contribution in [3.05, 3.63) is 64.7 Å². The molecule has 7 heteroatoms. The zero-order chi connectivity index (χ0) is 20.8. The third-order valence-electron chi connectivity index (χ3n) is 6.10. The summed E-state index contributed by atoms with van der Waals surface area (Å²) in [5.74, 6) is -0.837. The molecule has 2 aliphatic heterocycles. The summed E-state index contributed by atoms with van der Waals surface area (Å²) in [6, 6.07) is 15.0. The lowest BCUT2D eigenvalue weighted by molar-refractivity contribution is -0.133. The summed E-state index contributed by atoms with van der Waals surface area (Å²) in [5.41, 5.74) is 1.21. The summed E-state index contributed by atoms with van der Waals surface area (Å²) in [6.45, 7) is 2.72. The topological polar surface area (TPSA) is 58.6 Å². The smallest absolute Gasteiger partial charge is 0.243 e. The van der Waals surface area contributed by atoms with Gasteiger partial charge >= 0.3 is 0 Å². The normalized spacial score (nSPS) is 29.0. The predicted octanol–water partition coefficient (Wildman–Crippen LogP) is 3.80. The number of nitrogens with one attached hydrogen (secondary N) is 1. The number of carbonyl (C=O) groups excluding carboxylic acids is 2. The van der Waals surface area contributed by atoms with Crippen molar-refractivity contribution in [3.8, 4) is 0 Å². The van der Waals surface area contributed by atoms with E-state index in [0.717, 1.165) is 11.1 Å². The molecule has 5 nitrogen and oxygen atoms in total. The van der Waals surface area contributed by atoms with Gasteiger partial charge in [-0.1, -0.05) is 41.9 Å². The highest BCUT2D eigenvalue weighted by Crippen LogP contribution is 2.53. The average molecular weight is 433 g/mol. The number of amides is 2. The molecule has 1 spiro atoms. The maximum absolute atomic E-state index is 13.6. The van der Waals surface area contributed by atoms with Crippen molar-refractivity contribution in [2.75, 3.05) is 25.5 Å². The Kier molecular flexibility index (Phi) is 5.32. The lowest BCUT2D eigenvalue weighted by atomic mass is 9.64. The molecule has 2 amide bonds. The first-order chi connectivity index (χ1) is 13.9. The molecule has 0 radical (unpaired) electrons. The molecule has 0 bridgehead atoms. The lowest BCUT2D eigenvalue weighted by Gasteiger charge is -2.40. The van der Waals surface area contributed by atoms with Gasteiger partial charge in [0.1, 0.15) is 16.9 Å². The molecule has 0 aromatic heterocycles. The molecule has 1 N–H and O–H groups in total. The highest BCUT2D eigenvalue weighted by Gasteiger charge is 2.63. The number of benzene rings is 2. The van der Waals surface area contributed by atoms with E-state index < -0.39 is 16.9 Å². The number of methoxy groups -OCH3 is 1. The number of alkyl halides is 1.